The number of hydrogen-bond donors (Lipinski definition) is 0. The topological polar surface area (TPSA) is 3.24 Å². The van der Waals surface area contributed by atoms with Gasteiger partial charge in [-0.1, -0.05) is 32.6 Å². The molecule has 1 saturated carbocycles. The Balaban J connectivity index is 2.01. The first-order valence-electron chi connectivity index (χ1n) is 6.62. The van der Waals surface area contributed by atoms with Crippen molar-refractivity contribution in [3.63, 3.8) is 0 Å². The van der Waals surface area contributed by atoms with E-state index in [2.05, 4.69) is 11.8 Å². The summed E-state index contributed by atoms with van der Waals surface area (Å²) in [5.41, 5.74) is 0.624. The molecule has 0 aromatic heterocycles. The van der Waals surface area contributed by atoms with Crippen LogP contribution in [0.25, 0.3) is 0 Å². The number of nitrogens with zero attached hydrogens (tertiary/aromatic N) is 1. The maximum Gasteiger partial charge on any atom is 0.0207 e. The molecule has 1 aliphatic heterocycles. The summed E-state index contributed by atoms with van der Waals surface area (Å²) in [6, 6.07) is 0. The van der Waals surface area contributed by atoms with Crippen LogP contribution in [0.2, 0.25) is 0 Å². The molecule has 0 radical (unpaired) electrons. The van der Waals surface area contributed by atoms with Crippen LogP contribution in [0, 0.1) is 0 Å². The van der Waals surface area contributed by atoms with Gasteiger partial charge >= 0.3 is 0 Å². The van der Waals surface area contributed by atoms with E-state index < -0.39 is 0 Å². The van der Waals surface area contributed by atoms with Gasteiger partial charge < -0.3 is 0 Å². The van der Waals surface area contributed by atoms with Crippen molar-refractivity contribution >= 4 is 0 Å². The van der Waals surface area contributed by atoms with Gasteiger partial charge in [-0.25, -0.2) is 0 Å². The molecule has 0 aromatic rings. The number of hydrogen-bond acceptors (Lipinski definition) is 1. The van der Waals surface area contributed by atoms with Crippen LogP contribution in [0.5, 0.6) is 0 Å². The number of rotatable bonds is 2. The van der Waals surface area contributed by atoms with Crippen LogP contribution in [-0.2, 0) is 0 Å². The molecule has 2 aliphatic rings. The molecule has 14 heavy (non-hydrogen) atoms. The van der Waals surface area contributed by atoms with E-state index in [0.29, 0.717) is 5.54 Å². The van der Waals surface area contributed by atoms with Gasteiger partial charge in [-0.05, 0) is 45.2 Å². The van der Waals surface area contributed by atoms with Gasteiger partial charge in [0.25, 0.3) is 0 Å². The van der Waals surface area contributed by atoms with E-state index in [1.54, 1.807) is 0 Å². The smallest absolute Gasteiger partial charge is 0.0207 e. The zero-order valence-electron chi connectivity index (χ0n) is 9.73. The highest BCUT2D eigenvalue weighted by molar-refractivity contribution is 4.92. The number of piperidine rings is 1. The Labute approximate surface area is 88.9 Å². The third kappa shape index (κ3) is 1.98. The summed E-state index contributed by atoms with van der Waals surface area (Å²) in [5.74, 6) is 0. The van der Waals surface area contributed by atoms with E-state index in [0.717, 1.165) is 0 Å². The first-order chi connectivity index (χ1) is 6.87. The van der Waals surface area contributed by atoms with E-state index in [1.807, 2.05) is 0 Å². The summed E-state index contributed by atoms with van der Waals surface area (Å²) in [6.45, 7) is 5.17. The lowest BCUT2D eigenvalue weighted by Gasteiger charge is -2.48. The van der Waals surface area contributed by atoms with E-state index >= 15 is 0 Å². The fraction of sp³-hybridized carbons (Fsp3) is 1.00. The lowest BCUT2D eigenvalue weighted by molar-refractivity contribution is 0.0303. The molecule has 1 aliphatic carbocycles. The van der Waals surface area contributed by atoms with Gasteiger partial charge in [0.2, 0.25) is 0 Å². The molecular formula is C13H25N. The van der Waals surface area contributed by atoms with Gasteiger partial charge in [0.05, 0.1) is 0 Å². The van der Waals surface area contributed by atoms with Gasteiger partial charge in [0, 0.05) is 5.54 Å². The zero-order valence-corrected chi connectivity index (χ0v) is 9.73. The van der Waals surface area contributed by atoms with Crippen LogP contribution >= 0.6 is 0 Å². The monoisotopic (exact) mass is 195 g/mol. The van der Waals surface area contributed by atoms with Gasteiger partial charge in [-0.15, -0.1) is 0 Å². The lowest BCUT2D eigenvalue weighted by Crippen LogP contribution is -2.51. The summed E-state index contributed by atoms with van der Waals surface area (Å²) in [7, 11) is 0. The van der Waals surface area contributed by atoms with E-state index in [9.17, 15) is 0 Å². The minimum absolute atomic E-state index is 0.624. The van der Waals surface area contributed by atoms with Gasteiger partial charge in [-0.3, -0.25) is 4.90 Å². The molecule has 0 aromatic carbocycles. The molecule has 2 fully saturated rings. The average Bonchev–Trinajstić information content (AvgIpc) is 2.31. The van der Waals surface area contributed by atoms with Crippen LogP contribution in [0.3, 0.4) is 0 Å². The van der Waals surface area contributed by atoms with Crippen molar-refractivity contribution in [2.75, 3.05) is 13.1 Å². The van der Waals surface area contributed by atoms with Crippen molar-refractivity contribution < 1.29 is 0 Å². The molecule has 0 bridgehead atoms. The second kappa shape index (κ2) is 4.65. The zero-order chi connectivity index (χ0) is 9.86. The maximum atomic E-state index is 2.83. The highest BCUT2D eigenvalue weighted by atomic mass is 15.2. The maximum absolute atomic E-state index is 2.83. The fourth-order valence-electron chi connectivity index (χ4n) is 3.47. The quantitative estimate of drug-likeness (QED) is 0.651. The molecule has 1 heterocycles. The Bertz CT molecular complexity index is 164. The SMILES string of the molecule is CCC1(N2CCCCC2)CCCCC1. The third-order valence-electron chi connectivity index (χ3n) is 4.47. The second-order valence-electron chi connectivity index (χ2n) is 5.19. The van der Waals surface area contributed by atoms with Crippen LogP contribution in [-0.4, -0.2) is 23.5 Å². The van der Waals surface area contributed by atoms with Gasteiger partial charge in [0.1, 0.15) is 0 Å². The van der Waals surface area contributed by atoms with Crippen molar-refractivity contribution in [1.29, 1.82) is 0 Å². The molecule has 2 rings (SSSR count). The molecular weight excluding hydrogens is 170 g/mol. The van der Waals surface area contributed by atoms with E-state index in [-0.39, 0.29) is 0 Å². The van der Waals surface area contributed by atoms with Crippen LogP contribution in [0.1, 0.15) is 64.7 Å². The van der Waals surface area contributed by atoms with Crippen molar-refractivity contribution in [3.8, 4) is 0 Å². The fourth-order valence-corrected chi connectivity index (χ4v) is 3.47. The average molecular weight is 195 g/mol. The summed E-state index contributed by atoms with van der Waals surface area (Å²) < 4.78 is 0. The highest BCUT2D eigenvalue weighted by Crippen LogP contribution is 2.37. The normalized spacial score (nSPS) is 28.9. The summed E-state index contributed by atoms with van der Waals surface area (Å²) >= 11 is 0. The standard InChI is InChI=1S/C13H25N/c1-2-13(9-5-3-6-10-13)14-11-7-4-8-12-14/h2-12H2,1H3. The highest BCUT2D eigenvalue weighted by Gasteiger charge is 2.36. The van der Waals surface area contributed by atoms with Crippen molar-refractivity contribution in [2.24, 2.45) is 0 Å². The molecule has 82 valence electrons. The van der Waals surface area contributed by atoms with Crippen LogP contribution in [0.15, 0.2) is 0 Å². The Morgan fingerprint density at radius 3 is 2.00 bits per heavy atom. The first-order valence-corrected chi connectivity index (χ1v) is 6.62. The third-order valence-corrected chi connectivity index (χ3v) is 4.47. The lowest BCUT2D eigenvalue weighted by atomic mass is 9.77. The summed E-state index contributed by atoms with van der Waals surface area (Å²) in [6.07, 6.45) is 13.1. The molecule has 0 spiro atoms. The minimum Gasteiger partial charge on any atom is -0.298 e. The minimum atomic E-state index is 0.624. The van der Waals surface area contributed by atoms with Crippen molar-refractivity contribution in [1.82, 2.24) is 4.90 Å². The summed E-state index contributed by atoms with van der Waals surface area (Å²) in [5, 5.41) is 0. The largest absolute Gasteiger partial charge is 0.298 e. The predicted molar refractivity (Wildman–Crippen MR) is 61.5 cm³/mol. The molecule has 1 heteroatoms. The van der Waals surface area contributed by atoms with E-state index in [4.69, 9.17) is 0 Å². The molecule has 0 atom stereocenters. The van der Waals surface area contributed by atoms with Crippen LogP contribution in [0.4, 0.5) is 0 Å². The van der Waals surface area contributed by atoms with Crippen molar-refractivity contribution in [3.05, 3.63) is 0 Å². The molecule has 0 N–H and O–H groups in total. The molecule has 1 nitrogen and oxygen atoms in total. The number of likely N-dealkylation sites (tertiary alicyclic amines) is 1. The molecule has 0 amide bonds. The van der Waals surface area contributed by atoms with Crippen LogP contribution < -0.4 is 0 Å². The van der Waals surface area contributed by atoms with Crippen molar-refractivity contribution in [2.45, 2.75) is 70.3 Å². The van der Waals surface area contributed by atoms with Gasteiger partial charge in [0.15, 0.2) is 0 Å². The Morgan fingerprint density at radius 2 is 1.43 bits per heavy atom. The Hall–Kier alpha value is -0.0400. The Kier molecular flexibility index (Phi) is 3.48. The second-order valence-corrected chi connectivity index (χ2v) is 5.19. The molecule has 1 saturated heterocycles. The molecule has 0 unspecified atom stereocenters. The Morgan fingerprint density at radius 1 is 0.857 bits per heavy atom. The van der Waals surface area contributed by atoms with E-state index in [1.165, 1.54) is 70.9 Å². The summed E-state index contributed by atoms with van der Waals surface area (Å²) in [4.78, 5) is 2.83. The first kappa shape index (κ1) is 10.5. The van der Waals surface area contributed by atoms with Gasteiger partial charge in [-0.2, -0.15) is 0 Å². The predicted octanol–water partition coefficient (Wildman–Crippen LogP) is 3.59.